The van der Waals surface area contributed by atoms with E-state index in [1.807, 2.05) is 12.1 Å². The number of aromatic nitrogens is 3. The van der Waals surface area contributed by atoms with Crippen molar-refractivity contribution in [2.75, 3.05) is 5.32 Å². The predicted octanol–water partition coefficient (Wildman–Crippen LogP) is 0.667. The van der Waals surface area contributed by atoms with Crippen LogP contribution in [0.5, 0.6) is 0 Å². The first kappa shape index (κ1) is 8.64. The maximum atomic E-state index is 5.32. The SMILES string of the molecule is NCc1nc(Nc2ccccn2)no1. The van der Waals surface area contributed by atoms with Gasteiger partial charge in [0.05, 0.1) is 6.54 Å². The van der Waals surface area contributed by atoms with E-state index in [1.165, 1.54) is 0 Å². The highest BCUT2D eigenvalue weighted by Crippen LogP contribution is 2.09. The number of pyridine rings is 1. The van der Waals surface area contributed by atoms with E-state index in [4.69, 9.17) is 10.3 Å². The maximum Gasteiger partial charge on any atom is 0.269 e. The largest absolute Gasteiger partial charge is 0.336 e. The molecule has 0 aliphatic rings. The molecule has 0 atom stereocenters. The van der Waals surface area contributed by atoms with Crippen molar-refractivity contribution in [1.82, 2.24) is 15.1 Å². The molecule has 0 saturated heterocycles. The average Bonchev–Trinajstić information content (AvgIpc) is 2.67. The van der Waals surface area contributed by atoms with Crippen LogP contribution in [0.25, 0.3) is 0 Å². The molecule has 2 aromatic heterocycles. The number of hydrogen-bond acceptors (Lipinski definition) is 6. The van der Waals surface area contributed by atoms with Crippen LogP contribution in [-0.4, -0.2) is 15.1 Å². The van der Waals surface area contributed by atoms with Crippen LogP contribution in [-0.2, 0) is 6.54 Å². The lowest BCUT2D eigenvalue weighted by Crippen LogP contribution is -1.97. The first-order valence-electron chi connectivity index (χ1n) is 4.09. The van der Waals surface area contributed by atoms with Crippen molar-refractivity contribution in [1.29, 1.82) is 0 Å². The molecule has 0 fully saturated rings. The fourth-order valence-electron chi connectivity index (χ4n) is 0.940. The minimum Gasteiger partial charge on any atom is -0.336 e. The Hall–Kier alpha value is -1.95. The molecule has 6 heteroatoms. The normalized spacial score (nSPS) is 10.1. The van der Waals surface area contributed by atoms with E-state index in [1.54, 1.807) is 12.3 Å². The van der Waals surface area contributed by atoms with Gasteiger partial charge in [-0.1, -0.05) is 6.07 Å². The first-order chi connectivity index (χ1) is 6.88. The zero-order valence-corrected chi connectivity index (χ0v) is 7.34. The summed E-state index contributed by atoms with van der Waals surface area (Å²) in [7, 11) is 0. The summed E-state index contributed by atoms with van der Waals surface area (Å²) in [6.45, 7) is 0.233. The Morgan fingerprint density at radius 1 is 1.43 bits per heavy atom. The number of anilines is 2. The Balaban J connectivity index is 2.11. The van der Waals surface area contributed by atoms with Crippen LogP contribution in [0.2, 0.25) is 0 Å². The highest BCUT2D eigenvalue weighted by Gasteiger charge is 2.03. The Bertz CT molecular complexity index is 399. The van der Waals surface area contributed by atoms with Crippen molar-refractivity contribution < 1.29 is 4.52 Å². The van der Waals surface area contributed by atoms with Gasteiger partial charge in [-0.05, 0) is 17.3 Å². The molecule has 0 bridgehead atoms. The molecule has 0 spiro atoms. The van der Waals surface area contributed by atoms with E-state index >= 15 is 0 Å². The van der Waals surface area contributed by atoms with Gasteiger partial charge in [0.2, 0.25) is 5.89 Å². The third kappa shape index (κ3) is 1.86. The van der Waals surface area contributed by atoms with Gasteiger partial charge < -0.3 is 15.6 Å². The first-order valence-corrected chi connectivity index (χ1v) is 4.09. The fraction of sp³-hybridized carbons (Fsp3) is 0.125. The van der Waals surface area contributed by atoms with E-state index in [2.05, 4.69) is 20.4 Å². The standard InChI is InChI=1S/C8H9N5O/c9-5-7-12-8(13-14-7)11-6-3-1-2-4-10-6/h1-4H,5,9H2,(H,10,11,13). The van der Waals surface area contributed by atoms with Gasteiger partial charge in [0, 0.05) is 6.20 Å². The fourth-order valence-corrected chi connectivity index (χ4v) is 0.940. The predicted molar refractivity (Wildman–Crippen MR) is 49.7 cm³/mol. The summed E-state index contributed by atoms with van der Waals surface area (Å²) < 4.78 is 4.81. The van der Waals surface area contributed by atoms with Gasteiger partial charge in [0.1, 0.15) is 5.82 Å². The molecule has 72 valence electrons. The zero-order chi connectivity index (χ0) is 9.80. The van der Waals surface area contributed by atoms with Crippen molar-refractivity contribution in [3.8, 4) is 0 Å². The number of nitrogens with one attached hydrogen (secondary N) is 1. The van der Waals surface area contributed by atoms with Crippen LogP contribution < -0.4 is 11.1 Å². The van der Waals surface area contributed by atoms with Crippen molar-refractivity contribution in [2.45, 2.75) is 6.54 Å². The van der Waals surface area contributed by atoms with E-state index in [-0.39, 0.29) is 6.54 Å². The molecule has 0 saturated carbocycles. The number of rotatable bonds is 3. The summed E-state index contributed by atoms with van der Waals surface area (Å²) in [5.74, 6) is 1.42. The van der Waals surface area contributed by atoms with Gasteiger partial charge in [0.15, 0.2) is 0 Å². The molecule has 2 aromatic rings. The molecule has 0 radical (unpaired) electrons. The molecule has 2 heterocycles. The molecule has 0 aliphatic carbocycles. The van der Waals surface area contributed by atoms with Crippen LogP contribution in [0.3, 0.4) is 0 Å². The molecule has 14 heavy (non-hydrogen) atoms. The summed E-state index contributed by atoms with van der Waals surface area (Å²) in [6, 6.07) is 5.49. The molecule has 0 aliphatic heterocycles. The summed E-state index contributed by atoms with van der Waals surface area (Å²) >= 11 is 0. The van der Waals surface area contributed by atoms with Gasteiger partial charge in [-0.3, -0.25) is 0 Å². The van der Waals surface area contributed by atoms with E-state index in [0.29, 0.717) is 17.7 Å². The molecule has 0 aromatic carbocycles. The number of hydrogen-bond donors (Lipinski definition) is 2. The summed E-state index contributed by atoms with van der Waals surface area (Å²) in [5, 5.41) is 6.54. The van der Waals surface area contributed by atoms with Crippen LogP contribution in [0.1, 0.15) is 5.89 Å². The van der Waals surface area contributed by atoms with E-state index in [9.17, 15) is 0 Å². The van der Waals surface area contributed by atoms with Gasteiger partial charge in [-0.15, -0.1) is 0 Å². The summed E-state index contributed by atoms with van der Waals surface area (Å²) in [6.07, 6.45) is 1.67. The zero-order valence-electron chi connectivity index (χ0n) is 7.34. The number of nitrogens with zero attached hydrogens (tertiary/aromatic N) is 3. The molecular formula is C8H9N5O. The quantitative estimate of drug-likeness (QED) is 0.740. The third-order valence-corrected chi connectivity index (χ3v) is 1.55. The molecule has 3 N–H and O–H groups in total. The minimum absolute atomic E-state index is 0.233. The van der Waals surface area contributed by atoms with Gasteiger partial charge >= 0.3 is 0 Å². The Morgan fingerprint density at radius 3 is 3.00 bits per heavy atom. The lowest BCUT2D eigenvalue weighted by atomic mass is 10.5. The van der Waals surface area contributed by atoms with Gasteiger partial charge in [-0.2, -0.15) is 4.98 Å². The smallest absolute Gasteiger partial charge is 0.269 e. The average molecular weight is 191 g/mol. The number of nitrogens with two attached hydrogens (primary N) is 1. The highest BCUT2D eigenvalue weighted by atomic mass is 16.5. The van der Waals surface area contributed by atoms with Crippen molar-refractivity contribution >= 4 is 11.8 Å². The molecule has 6 nitrogen and oxygen atoms in total. The molecule has 0 amide bonds. The van der Waals surface area contributed by atoms with Crippen molar-refractivity contribution in [3.05, 3.63) is 30.3 Å². The third-order valence-electron chi connectivity index (χ3n) is 1.55. The Kier molecular flexibility index (Phi) is 2.37. The van der Waals surface area contributed by atoms with Gasteiger partial charge in [-0.25, -0.2) is 4.98 Å². The molecule has 0 unspecified atom stereocenters. The summed E-state index contributed by atoms with van der Waals surface area (Å²) in [5.41, 5.74) is 5.32. The summed E-state index contributed by atoms with van der Waals surface area (Å²) in [4.78, 5) is 8.02. The van der Waals surface area contributed by atoms with Crippen molar-refractivity contribution in [2.24, 2.45) is 5.73 Å². The second kappa shape index (κ2) is 3.84. The van der Waals surface area contributed by atoms with E-state index < -0.39 is 0 Å². The van der Waals surface area contributed by atoms with Crippen LogP contribution in [0.15, 0.2) is 28.9 Å². The van der Waals surface area contributed by atoms with E-state index in [0.717, 1.165) is 0 Å². The second-order valence-corrected chi connectivity index (χ2v) is 2.56. The Labute approximate surface area is 80.1 Å². The van der Waals surface area contributed by atoms with Crippen LogP contribution in [0.4, 0.5) is 11.8 Å². The molecule has 2 rings (SSSR count). The van der Waals surface area contributed by atoms with Gasteiger partial charge in [0.25, 0.3) is 5.95 Å². The second-order valence-electron chi connectivity index (χ2n) is 2.56. The highest BCUT2D eigenvalue weighted by molar-refractivity contribution is 5.45. The topological polar surface area (TPSA) is 89.9 Å². The maximum absolute atomic E-state index is 5.32. The van der Waals surface area contributed by atoms with Crippen LogP contribution >= 0.6 is 0 Å². The van der Waals surface area contributed by atoms with Crippen molar-refractivity contribution in [3.63, 3.8) is 0 Å². The Morgan fingerprint density at radius 2 is 2.36 bits per heavy atom. The minimum atomic E-state index is 0.233. The lowest BCUT2D eigenvalue weighted by Gasteiger charge is -1.96. The van der Waals surface area contributed by atoms with Crippen LogP contribution in [0, 0.1) is 0 Å². The monoisotopic (exact) mass is 191 g/mol. The molecular weight excluding hydrogens is 182 g/mol. The lowest BCUT2D eigenvalue weighted by molar-refractivity contribution is 0.381.